The lowest BCUT2D eigenvalue weighted by Crippen LogP contribution is -2.34. The number of amides is 2. The summed E-state index contributed by atoms with van der Waals surface area (Å²) in [5.74, 6) is 0. The first kappa shape index (κ1) is 25.2. The minimum absolute atomic E-state index is 0.111. The number of hydrogen-bond donors (Lipinski definition) is 3. The second kappa shape index (κ2) is 9.28. The zero-order chi connectivity index (χ0) is 26.3. The number of benzene rings is 2. The number of urea groups is 1. The minimum atomic E-state index is -4.91. The van der Waals surface area contributed by atoms with Crippen molar-refractivity contribution in [3.63, 3.8) is 0 Å². The number of aromatic nitrogens is 2. The zero-order valence-electron chi connectivity index (χ0n) is 18.7. The maximum atomic E-state index is 13.9. The highest BCUT2D eigenvalue weighted by atomic mass is 32.2. The lowest BCUT2D eigenvalue weighted by Gasteiger charge is -2.17. The van der Waals surface area contributed by atoms with E-state index in [1.807, 2.05) is 0 Å². The van der Waals surface area contributed by atoms with Crippen molar-refractivity contribution in [1.29, 1.82) is 0 Å². The van der Waals surface area contributed by atoms with Crippen LogP contribution >= 0.6 is 11.3 Å². The molecule has 0 radical (unpaired) electrons. The van der Waals surface area contributed by atoms with Crippen molar-refractivity contribution < 1.29 is 26.4 Å². The molecular formula is C22H18F3N5O4S2. The summed E-state index contributed by atoms with van der Waals surface area (Å²) in [6.07, 6.45) is -3.92. The molecule has 0 aliphatic carbocycles. The number of aryl methyl sites for hydroxylation is 1. The highest BCUT2D eigenvalue weighted by molar-refractivity contribution is 7.92. The number of thiophene rings is 1. The van der Waals surface area contributed by atoms with E-state index in [1.54, 1.807) is 36.9 Å². The van der Waals surface area contributed by atoms with E-state index in [9.17, 15) is 31.2 Å². The fourth-order valence-electron chi connectivity index (χ4n) is 3.38. The molecule has 2 heterocycles. The number of hydrogen-bond acceptors (Lipinski definition) is 7. The molecule has 188 valence electrons. The molecule has 3 N–H and O–H groups in total. The molecule has 0 fully saturated rings. The fourth-order valence-corrected chi connectivity index (χ4v) is 5.58. The van der Waals surface area contributed by atoms with E-state index in [-0.39, 0.29) is 15.3 Å². The van der Waals surface area contributed by atoms with Crippen molar-refractivity contribution in [2.45, 2.75) is 17.3 Å². The van der Waals surface area contributed by atoms with Gasteiger partial charge in [0.15, 0.2) is 0 Å². The molecule has 0 aliphatic rings. The van der Waals surface area contributed by atoms with Gasteiger partial charge in [0.2, 0.25) is 0 Å². The van der Waals surface area contributed by atoms with Gasteiger partial charge in [-0.1, -0.05) is 0 Å². The Kier molecular flexibility index (Phi) is 6.49. The van der Waals surface area contributed by atoms with Crippen LogP contribution in [-0.2, 0) is 16.2 Å². The molecular weight excluding hydrogens is 519 g/mol. The number of rotatable bonds is 5. The number of alkyl halides is 3. The Morgan fingerprint density at radius 1 is 1.06 bits per heavy atom. The molecule has 2 aromatic heterocycles. The van der Waals surface area contributed by atoms with Crippen LogP contribution in [0.3, 0.4) is 0 Å². The molecule has 2 aromatic carbocycles. The minimum Gasteiger partial charge on any atom is -0.388 e. The number of sulfonamides is 1. The molecule has 2 amide bonds. The van der Waals surface area contributed by atoms with Gasteiger partial charge in [-0.05, 0) is 55.5 Å². The molecule has 4 aromatic rings. The molecule has 0 aliphatic heterocycles. The summed E-state index contributed by atoms with van der Waals surface area (Å²) in [5.41, 5.74) is -1.81. The van der Waals surface area contributed by atoms with Gasteiger partial charge in [-0.2, -0.15) is 13.2 Å². The SMILES string of the molecule is CNc1ccc2c(=O)n(-c3ccc(NC(=O)NS(=O)(=O)c4ccc(C)s4)cc3C(F)(F)F)cnc2c1. The molecule has 0 bridgehead atoms. The average molecular weight is 538 g/mol. The van der Waals surface area contributed by atoms with Crippen molar-refractivity contribution in [3.05, 3.63) is 75.7 Å². The quantitative estimate of drug-likeness (QED) is 0.349. The third kappa shape index (κ3) is 5.04. The van der Waals surface area contributed by atoms with E-state index in [4.69, 9.17) is 0 Å². The summed E-state index contributed by atoms with van der Waals surface area (Å²) in [6.45, 7) is 1.68. The number of carbonyl (C=O) groups is 1. The number of fused-ring (bicyclic) bond motifs is 1. The van der Waals surface area contributed by atoms with Crippen LogP contribution in [0.15, 0.2) is 63.9 Å². The first-order valence-corrected chi connectivity index (χ1v) is 12.5. The molecule has 14 heteroatoms. The number of carbonyl (C=O) groups excluding carboxylic acids is 1. The Balaban J connectivity index is 1.68. The Morgan fingerprint density at radius 3 is 2.42 bits per heavy atom. The number of anilines is 2. The van der Waals surface area contributed by atoms with Crippen LogP contribution in [0, 0.1) is 6.92 Å². The summed E-state index contributed by atoms with van der Waals surface area (Å²) in [4.78, 5) is 30.0. The van der Waals surface area contributed by atoms with Crippen LogP contribution in [-0.4, -0.2) is 31.0 Å². The molecule has 0 atom stereocenters. The Hall–Kier alpha value is -3.91. The predicted octanol–water partition coefficient (Wildman–Crippen LogP) is 4.33. The van der Waals surface area contributed by atoms with Crippen LogP contribution in [0.4, 0.5) is 29.3 Å². The van der Waals surface area contributed by atoms with Gasteiger partial charge in [-0.15, -0.1) is 11.3 Å². The van der Waals surface area contributed by atoms with E-state index in [1.165, 1.54) is 12.1 Å². The van der Waals surface area contributed by atoms with Gasteiger partial charge < -0.3 is 10.6 Å². The summed E-state index contributed by atoms with van der Waals surface area (Å²) < 4.78 is 68.8. The summed E-state index contributed by atoms with van der Waals surface area (Å²) >= 11 is 0.931. The van der Waals surface area contributed by atoms with Gasteiger partial charge in [0.1, 0.15) is 10.5 Å². The highest BCUT2D eigenvalue weighted by Crippen LogP contribution is 2.35. The largest absolute Gasteiger partial charge is 0.418 e. The Labute approximate surface area is 206 Å². The van der Waals surface area contributed by atoms with Crippen LogP contribution in [0.25, 0.3) is 16.6 Å². The van der Waals surface area contributed by atoms with Crippen molar-refractivity contribution >= 4 is 49.7 Å². The number of halogens is 3. The molecule has 36 heavy (non-hydrogen) atoms. The first-order valence-electron chi connectivity index (χ1n) is 10.2. The molecule has 4 rings (SSSR count). The van der Waals surface area contributed by atoms with Crippen LogP contribution in [0.1, 0.15) is 10.4 Å². The van der Waals surface area contributed by atoms with Gasteiger partial charge >= 0.3 is 12.2 Å². The lowest BCUT2D eigenvalue weighted by atomic mass is 10.1. The van der Waals surface area contributed by atoms with Gasteiger partial charge in [-0.3, -0.25) is 9.36 Å². The maximum Gasteiger partial charge on any atom is 0.418 e. The molecule has 0 saturated carbocycles. The Bertz CT molecular complexity index is 1650. The fraction of sp³-hybridized carbons (Fsp3) is 0.136. The Morgan fingerprint density at radius 2 is 1.78 bits per heavy atom. The van der Waals surface area contributed by atoms with E-state index < -0.39 is 39.0 Å². The van der Waals surface area contributed by atoms with Gasteiger partial charge in [-0.25, -0.2) is 22.9 Å². The van der Waals surface area contributed by atoms with Crippen molar-refractivity contribution in [2.24, 2.45) is 0 Å². The topological polar surface area (TPSA) is 122 Å². The third-order valence-electron chi connectivity index (χ3n) is 5.07. The van der Waals surface area contributed by atoms with Crippen LogP contribution in [0.5, 0.6) is 0 Å². The first-order chi connectivity index (χ1) is 16.9. The average Bonchev–Trinajstić information content (AvgIpc) is 3.25. The summed E-state index contributed by atoms with van der Waals surface area (Å²) in [6, 6.07) is 8.97. The van der Waals surface area contributed by atoms with Gasteiger partial charge in [0.25, 0.3) is 15.6 Å². The molecule has 0 spiro atoms. The van der Waals surface area contributed by atoms with Crippen molar-refractivity contribution in [1.82, 2.24) is 14.3 Å². The summed E-state index contributed by atoms with van der Waals surface area (Å²) in [7, 11) is -2.53. The van der Waals surface area contributed by atoms with E-state index >= 15 is 0 Å². The molecule has 9 nitrogen and oxygen atoms in total. The monoisotopic (exact) mass is 537 g/mol. The van der Waals surface area contributed by atoms with Crippen LogP contribution < -0.4 is 20.9 Å². The normalized spacial score (nSPS) is 11.9. The van der Waals surface area contributed by atoms with E-state index in [2.05, 4.69) is 15.6 Å². The third-order valence-corrected chi connectivity index (χ3v) is 7.90. The van der Waals surface area contributed by atoms with Crippen molar-refractivity contribution in [2.75, 3.05) is 17.7 Å². The number of nitrogens with zero attached hydrogens (tertiary/aromatic N) is 2. The summed E-state index contributed by atoms with van der Waals surface area (Å²) in [5, 5.41) is 5.09. The van der Waals surface area contributed by atoms with E-state index in [0.717, 1.165) is 34.4 Å². The lowest BCUT2D eigenvalue weighted by molar-refractivity contribution is -0.137. The van der Waals surface area contributed by atoms with Crippen LogP contribution in [0.2, 0.25) is 0 Å². The van der Waals surface area contributed by atoms with Gasteiger partial charge in [0, 0.05) is 23.3 Å². The number of nitrogens with one attached hydrogen (secondary N) is 3. The molecule has 0 unspecified atom stereocenters. The molecule has 0 saturated heterocycles. The highest BCUT2D eigenvalue weighted by Gasteiger charge is 2.35. The second-order valence-electron chi connectivity index (χ2n) is 7.56. The standard InChI is InChI=1S/C22H18F3N5O4S2/c1-12-3-8-19(35-12)36(33,34)29-21(32)28-14-5-7-18(16(9-14)22(23,24)25)30-11-27-17-10-13(26-2)4-6-15(17)20(30)31/h3-11,26H,1-2H3,(H2,28,29,32). The van der Waals surface area contributed by atoms with E-state index in [0.29, 0.717) is 22.1 Å². The van der Waals surface area contributed by atoms with Crippen molar-refractivity contribution in [3.8, 4) is 5.69 Å². The smallest absolute Gasteiger partial charge is 0.388 e. The second-order valence-corrected chi connectivity index (χ2v) is 10.8. The zero-order valence-corrected chi connectivity index (χ0v) is 20.3. The van der Waals surface area contributed by atoms with Gasteiger partial charge in [0.05, 0.1) is 22.2 Å². The maximum absolute atomic E-state index is 13.9. The predicted molar refractivity (Wildman–Crippen MR) is 130 cm³/mol.